The normalized spacial score (nSPS) is 18.5. The highest BCUT2D eigenvalue weighted by Crippen LogP contribution is 2.41. The summed E-state index contributed by atoms with van der Waals surface area (Å²) in [5, 5.41) is 4.49. The fourth-order valence-corrected chi connectivity index (χ4v) is 4.47. The summed E-state index contributed by atoms with van der Waals surface area (Å²) in [6, 6.07) is 17.5. The van der Waals surface area contributed by atoms with Crippen LogP contribution in [0.2, 0.25) is 5.02 Å². The van der Waals surface area contributed by atoms with E-state index in [1.807, 2.05) is 23.9 Å². The predicted octanol–water partition coefficient (Wildman–Crippen LogP) is 4.75. The zero-order valence-electron chi connectivity index (χ0n) is 12.2. The maximum atomic E-state index is 5.98. The molecule has 2 unspecified atom stereocenters. The highest BCUT2D eigenvalue weighted by molar-refractivity contribution is 7.99. The van der Waals surface area contributed by atoms with Gasteiger partial charge in [0.1, 0.15) is 0 Å². The number of likely N-dealkylation sites (N-methyl/N-ethyl adjacent to an activating group) is 1. The second-order valence-electron chi connectivity index (χ2n) is 5.45. The lowest BCUT2D eigenvalue weighted by Crippen LogP contribution is -2.37. The Morgan fingerprint density at radius 1 is 1.19 bits per heavy atom. The molecule has 0 amide bonds. The number of hydrogen-bond acceptors (Lipinski definition) is 2. The van der Waals surface area contributed by atoms with E-state index in [-0.39, 0.29) is 0 Å². The molecule has 0 bridgehead atoms. The molecule has 2 aromatic carbocycles. The standard InChI is InChI=1S/C18H20ClNS/c1-2-20-17(11-13-7-9-14(19)10-8-13)16-12-21-18-6-4-3-5-15(16)18/h3-10,16-17,20H,2,11-12H2,1H3. The van der Waals surface area contributed by atoms with Crippen LogP contribution in [-0.2, 0) is 6.42 Å². The third-order valence-electron chi connectivity index (χ3n) is 4.06. The fraction of sp³-hybridized carbons (Fsp3) is 0.333. The third-order valence-corrected chi connectivity index (χ3v) is 5.52. The summed E-state index contributed by atoms with van der Waals surface area (Å²) in [5.41, 5.74) is 2.85. The van der Waals surface area contributed by atoms with Gasteiger partial charge in [-0.3, -0.25) is 0 Å². The summed E-state index contributed by atoms with van der Waals surface area (Å²) in [6.07, 6.45) is 1.05. The second-order valence-corrected chi connectivity index (χ2v) is 6.95. The van der Waals surface area contributed by atoms with Crippen molar-refractivity contribution in [2.45, 2.75) is 30.2 Å². The van der Waals surface area contributed by atoms with Gasteiger partial charge in [-0.05, 0) is 42.3 Å². The number of hydrogen-bond donors (Lipinski definition) is 1. The minimum atomic E-state index is 0.479. The number of halogens is 1. The van der Waals surface area contributed by atoms with Crippen molar-refractivity contribution in [3.05, 3.63) is 64.7 Å². The second kappa shape index (κ2) is 6.87. The first kappa shape index (κ1) is 15.0. The van der Waals surface area contributed by atoms with Gasteiger partial charge in [0.25, 0.3) is 0 Å². The number of rotatable bonds is 5. The van der Waals surface area contributed by atoms with Crippen molar-refractivity contribution in [2.75, 3.05) is 12.3 Å². The Bertz CT molecular complexity index is 596. The monoisotopic (exact) mass is 317 g/mol. The maximum Gasteiger partial charge on any atom is 0.0406 e. The number of benzene rings is 2. The Morgan fingerprint density at radius 2 is 1.95 bits per heavy atom. The summed E-state index contributed by atoms with van der Waals surface area (Å²) >= 11 is 7.97. The summed E-state index contributed by atoms with van der Waals surface area (Å²) in [4.78, 5) is 1.45. The Morgan fingerprint density at radius 3 is 2.71 bits per heavy atom. The van der Waals surface area contributed by atoms with Gasteiger partial charge >= 0.3 is 0 Å². The summed E-state index contributed by atoms with van der Waals surface area (Å²) in [6.45, 7) is 3.18. The average Bonchev–Trinajstić information content (AvgIpc) is 2.93. The Balaban J connectivity index is 1.80. The van der Waals surface area contributed by atoms with Crippen molar-refractivity contribution in [2.24, 2.45) is 0 Å². The lowest BCUT2D eigenvalue weighted by Gasteiger charge is -2.25. The van der Waals surface area contributed by atoms with E-state index in [0.717, 1.165) is 18.0 Å². The molecule has 1 nitrogen and oxygen atoms in total. The number of nitrogens with one attached hydrogen (secondary N) is 1. The van der Waals surface area contributed by atoms with Gasteiger partial charge in [-0.2, -0.15) is 0 Å². The van der Waals surface area contributed by atoms with E-state index in [2.05, 4.69) is 48.6 Å². The van der Waals surface area contributed by atoms with E-state index < -0.39 is 0 Å². The van der Waals surface area contributed by atoms with Crippen LogP contribution in [0.15, 0.2) is 53.4 Å². The molecular weight excluding hydrogens is 298 g/mol. The smallest absolute Gasteiger partial charge is 0.0406 e. The highest BCUT2D eigenvalue weighted by Gasteiger charge is 2.29. The first-order valence-electron chi connectivity index (χ1n) is 7.47. The van der Waals surface area contributed by atoms with E-state index >= 15 is 0 Å². The quantitative estimate of drug-likeness (QED) is 0.854. The molecule has 3 rings (SSSR count). The third kappa shape index (κ3) is 3.45. The first-order valence-corrected chi connectivity index (χ1v) is 8.84. The summed E-state index contributed by atoms with van der Waals surface area (Å²) in [7, 11) is 0. The van der Waals surface area contributed by atoms with Crippen LogP contribution < -0.4 is 5.32 Å². The van der Waals surface area contributed by atoms with Gasteiger partial charge in [0.05, 0.1) is 0 Å². The Kier molecular flexibility index (Phi) is 4.89. The van der Waals surface area contributed by atoms with Crippen LogP contribution in [0.5, 0.6) is 0 Å². The average molecular weight is 318 g/mol. The van der Waals surface area contributed by atoms with Gasteiger partial charge in [-0.15, -0.1) is 11.8 Å². The molecule has 3 heteroatoms. The molecule has 0 saturated heterocycles. The summed E-state index contributed by atoms with van der Waals surface area (Å²) < 4.78 is 0. The van der Waals surface area contributed by atoms with E-state index in [4.69, 9.17) is 11.6 Å². The van der Waals surface area contributed by atoms with Gasteiger partial charge in [0.2, 0.25) is 0 Å². The van der Waals surface area contributed by atoms with Crippen LogP contribution in [-0.4, -0.2) is 18.3 Å². The van der Waals surface area contributed by atoms with E-state index in [0.29, 0.717) is 12.0 Å². The summed E-state index contributed by atoms with van der Waals surface area (Å²) in [5.74, 6) is 1.76. The topological polar surface area (TPSA) is 12.0 Å². The molecular formula is C18H20ClNS. The van der Waals surface area contributed by atoms with Crippen molar-refractivity contribution in [1.82, 2.24) is 5.32 Å². The van der Waals surface area contributed by atoms with Gasteiger partial charge in [-0.25, -0.2) is 0 Å². The lowest BCUT2D eigenvalue weighted by atomic mass is 9.89. The SMILES string of the molecule is CCNC(Cc1ccc(Cl)cc1)C1CSc2ccccc21. The van der Waals surface area contributed by atoms with Crippen LogP contribution in [0.25, 0.3) is 0 Å². The van der Waals surface area contributed by atoms with Crippen LogP contribution in [0.4, 0.5) is 0 Å². The van der Waals surface area contributed by atoms with Crippen LogP contribution in [0, 0.1) is 0 Å². The molecule has 21 heavy (non-hydrogen) atoms. The van der Waals surface area contributed by atoms with Gasteiger partial charge in [0.15, 0.2) is 0 Å². The molecule has 110 valence electrons. The highest BCUT2D eigenvalue weighted by atomic mass is 35.5. The molecule has 0 spiro atoms. The maximum absolute atomic E-state index is 5.98. The van der Waals surface area contributed by atoms with Crippen molar-refractivity contribution in [3.63, 3.8) is 0 Å². The molecule has 1 aliphatic heterocycles. The molecule has 0 saturated carbocycles. The zero-order chi connectivity index (χ0) is 14.7. The fourth-order valence-electron chi connectivity index (χ4n) is 3.01. The largest absolute Gasteiger partial charge is 0.313 e. The van der Waals surface area contributed by atoms with Crippen molar-refractivity contribution in [1.29, 1.82) is 0 Å². The molecule has 1 N–H and O–H groups in total. The van der Waals surface area contributed by atoms with Crippen LogP contribution >= 0.6 is 23.4 Å². The van der Waals surface area contributed by atoms with Crippen LogP contribution in [0.3, 0.4) is 0 Å². The minimum absolute atomic E-state index is 0.479. The predicted molar refractivity (Wildman–Crippen MR) is 92.5 cm³/mol. The molecule has 0 aliphatic carbocycles. The van der Waals surface area contributed by atoms with Crippen molar-refractivity contribution >= 4 is 23.4 Å². The zero-order valence-corrected chi connectivity index (χ0v) is 13.8. The minimum Gasteiger partial charge on any atom is -0.313 e. The lowest BCUT2D eigenvalue weighted by molar-refractivity contribution is 0.463. The number of thioether (sulfide) groups is 1. The van der Waals surface area contributed by atoms with E-state index in [1.54, 1.807) is 0 Å². The van der Waals surface area contributed by atoms with Gasteiger partial charge < -0.3 is 5.32 Å². The molecule has 1 heterocycles. The Hall–Kier alpha value is -0.960. The first-order chi connectivity index (χ1) is 10.3. The van der Waals surface area contributed by atoms with Gasteiger partial charge in [0, 0.05) is 27.6 Å². The molecule has 1 aliphatic rings. The van der Waals surface area contributed by atoms with Crippen LogP contribution in [0.1, 0.15) is 24.0 Å². The van der Waals surface area contributed by atoms with E-state index in [1.165, 1.54) is 21.8 Å². The molecule has 0 radical (unpaired) electrons. The van der Waals surface area contributed by atoms with Crippen molar-refractivity contribution < 1.29 is 0 Å². The molecule has 0 aromatic heterocycles. The van der Waals surface area contributed by atoms with Crippen molar-refractivity contribution in [3.8, 4) is 0 Å². The van der Waals surface area contributed by atoms with Gasteiger partial charge in [-0.1, -0.05) is 48.9 Å². The Labute approximate surface area is 136 Å². The number of fused-ring (bicyclic) bond motifs is 1. The van der Waals surface area contributed by atoms with E-state index in [9.17, 15) is 0 Å². The molecule has 2 atom stereocenters. The molecule has 0 fully saturated rings. The molecule has 2 aromatic rings.